The predicted octanol–water partition coefficient (Wildman–Crippen LogP) is 5.23. The molecule has 5 unspecified atom stereocenters. The van der Waals surface area contributed by atoms with Gasteiger partial charge < -0.3 is 9.64 Å². The Morgan fingerprint density at radius 3 is 2.81 bits per heavy atom. The highest BCUT2D eigenvalue weighted by atomic mass is 16.5. The fourth-order valence-corrected chi connectivity index (χ4v) is 9.44. The smallest absolute Gasteiger partial charge is 0.254 e. The van der Waals surface area contributed by atoms with E-state index in [1.807, 2.05) is 30.3 Å². The number of carbonyl (C=O) groups excluding carboxylic acids is 1. The molecule has 0 aromatic heterocycles. The fourth-order valence-electron chi connectivity index (χ4n) is 9.44. The number of ether oxygens (including phenoxy) is 1. The Balaban J connectivity index is 1.37. The van der Waals surface area contributed by atoms with Gasteiger partial charge in [-0.05, 0) is 97.1 Å². The van der Waals surface area contributed by atoms with Crippen LogP contribution in [0, 0.1) is 23.2 Å². The molecular formula is C28H31NO2. The van der Waals surface area contributed by atoms with Crippen molar-refractivity contribution in [1.82, 2.24) is 4.90 Å². The SMILES string of the molecule is COc1ccc2c(c1)C13CCCC(C2)C12CCC1C3[C@@H](CN1C(=O)c1ccccc1)C2. The third kappa shape index (κ3) is 2.09. The Morgan fingerprint density at radius 2 is 1.97 bits per heavy atom. The molecular weight excluding hydrogens is 382 g/mol. The number of carbonyl (C=O) groups is 1. The first-order chi connectivity index (χ1) is 15.2. The van der Waals surface area contributed by atoms with E-state index in [9.17, 15) is 4.79 Å². The molecule has 1 heterocycles. The average Bonchev–Trinajstić information content (AvgIpc) is 3.25. The van der Waals surface area contributed by atoms with Crippen molar-refractivity contribution in [3.05, 3.63) is 65.2 Å². The zero-order valence-electron chi connectivity index (χ0n) is 18.3. The molecule has 2 aromatic rings. The number of likely N-dealkylation sites (tertiary alicyclic amines) is 1. The lowest BCUT2D eigenvalue weighted by Crippen LogP contribution is -2.62. The minimum absolute atomic E-state index is 0.247. The quantitative estimate of drug-likeness (QED) is 0.675. The molecule has 160 valence electrons. The van der Waals surface area contributed by atoms with E-state index in [1.165, 1.54) is 44.9 Å². The summed E-state index contributed by atoms with van der Waals surface area (Å²) >= 11 is 0. The summed E-state index contributed by atoms with van der Waals surface area (Å²) in [4.78, 5) is 15.8. The van der Waals surface area contributed by atoms with Crippen molar-refractivity contribution in [2.24, 2.45) is 23.2 Å². The van der Waals surface area contributed by atoms with Gasteiger partial charge in [-0.3, -0.25) is 4.79 Å². The van der Waals surface area contributed by atoms with Crippen molar-refractivity contribution in [1.29, 1.82) is 0 Å². The van der Waals surface area contributed by atoms with Crippen LogP contribution in [-0.2, 0) is 11.8 Å². The molecule has 4 fully saturated rings. The maximum Gasteiger partial charge on any atom is 0.254 e. The summed E-state index contributed by atoms with van der Waals surface area (Å²) in [7, 11) is 1.79. The van der Waals surface area contributed by atoms with E-state index >= 15 is 0 Å². The number of hydrogen-bond acceptors (Lipinski definition) is 2. The van der Waals surface area contributed by atoms with Crippen LogP contribution < -0.4 is 4.74 Å². The van der Waals surface area contributed by atoms with Crippen molar-refractivity contribution < 1.29 is 9.53 Å². The van der Waals surface area contributed by atoms with Gasteiger partial charge in [0.1, 0.15) is 5.75 Å². The zero-order chi connectivity index (χ0) is 20.8. The average molecular weight is 414 g/mol. The van der Waals surface area contributed by atoms with Crippen LogP contribution in [0.4, 0.5) is 0 Å². The van der Waals surface area contributed by atoms with Gasteiger partial charge in [0.05, 0.1) is 7.11 Å². The highest BCUT2D eigenvalue weighted by Gasteiger charge is 2.75. The second-order valence-electron chi connectivity index (χ2n) is 10.9. The van der Waals surface area contributed by atoms with Gasteiger partial charge in [0.25, 0.3) is 5.91 Å². The molecule has 3 saturated carbocycles. The standard InChI is InChI=1S/C28H31NO2/c1-31-22-10-9-19-14-21-8-5-12-28(23(19)15-22)25-20-16-27(21,28)13-11-24(25)29(17-20)26(30)18-6-3-2-4-7-18/h2-4,6-7,9-10,15,20-21,24-25H,5,8,11-14,16-17H2,1H3/t20-,21?,24?,25?,27?,28?/m1/s1. The van der Waals surface area contributed by atoms with E-state index in [1.54, 1.807) is 18.2 Å². The number of amides is 1. The van der Waals surface area contributed by atoms with Crippen molar-refractivity contribution >= 4 is 5.91 Å². The third-order valence-corrected chi connectivity index (χ3v) is 10.2. The van der Waals surface area contributed by atoms with Crippen LogP contribution in [0.1, 0.15) is 60.0 Å². The molecule has 3 heteroatoms. The first kappa shape index (κ1) is 18.3. The zero-order valence-corrected chi connectivity index (χ0v) is 18.3. The number of fused-ring (bicyclic) bond motifs is 1. The molecule has 0 radical (unpaired) electrons. The number of rotatable bonds is 2. The second-order valence-corrected chi connectivity index (χ2v) is 10.9. The largest absolute Gasteiger partial charge is 0.497 e. The molecule has 31 heavy (non-hydrogen) atoms. The fraction of sp³-hybridized carbons (Fsp3) is 0.536. The van der Waals surface area contributed by atoms with Crippen LogP contribution >= 0.6 is 0 Å². The molecule has 0 spiro atoms. The lowest BCUT2D eigenvalue weighted by molar-refractivity contribution is -0.0672. The Bertz CT molecular complexity index is 1060. The second kappa shape index (κ2) is 6.15. The van der Waals surface area contributed by atoms with Gasteiger partial charge in [0.15, 0.2) is 0 Å². The number of benzene rings is 2. The molecule has 1 amide bonds. The summed E-state index contributed by atoms with van der Waals surface area (Å²) in [6, 6.07) is 17.2. The van der Waals surface area contributed by atoms with E-state index in [2.05, 4.69) is 23.1 Å². The lowest BCUT2D eigenvalue weighted by Gasteiger charge is -2.64. The summed E-state index contributed by atoms with van der Waals surface area (Å²) in [5.41, 5.74) is 4.71. The molecule has 7 rings (SSSR count). The topological polar surface area (TPSA) is 29.5 Å². The maximum atomic E-state index is 13.5. The van der Waals surface area contributed by atoms with Gasteiger partial charge >= 0.3 is 0 Å². The van der Waals surface area contributed by atoms with Crippen LogP contribution in [0.3, 0.4) is 0 Å². The summed E-state index contributed by atoms with van der Waals surface area (Å²) in [6.45, 7) is 0.957. The van der Waals surface area contributed by atoms with E-state index in [-0.39, 0.29) is 11.3 Å². The summed E-state index contributed by atoms with van der Waals surface area (Å²) in [5, 5.41) is 0. The highest BCUT2D eigenvalue weighted by Crippen LogP contribution is 2.77. The van der Waals surface area contributed by atoms with Crippen molar-refractivity contribution in [3.63, 3.8) is 0 Å². The molecule has 3 nitrogen and oxygen atoms in total. The van der Waals surface area contributed by atoms with Crippen molar-refractivity contribution in [2.75, 3.05) is 13.7 Å². The molecule has 4 bridgehead atoms. The monoisotopic (exact) mass is 413 g/mol. The van der Waals surface area contributed by atoms with E-state index in [0.29, 0.717) is 23.3 Å². The lowest BCUT2D eigenvalue weighted by atomic mass is 9.41. The van der Waals surface area contributed by atoms with Gasteiger partial charge in [-0.1, -0.05) is 30.7 Å². The normalized spacial score (nSPS) is 39.1. The minimum atomic E-state index is 0.247. The van der Waals surface area contributed by atoms with Crippen molar-refractivity contribution in [3.8, 4) is 5.75 Å². The minimum Gasteiger partial charge on any atom is -0.497 e. The first-order valence-corrected chi connectivity index (χ1v) is 12.2. The molecule has 4 aliphatic carbocycles. The van der Waals surface area contributed by atoms with Crippen LogP contribution in [0.5, 0.6) is 5.75 Å². The molecule has 0 N–H and O–H groups in total. The van der Waals surface area contributed by atoms with Crippen LogP contribution in [0.2, 0.25) is 0 Å². The highest BCUT2D eigenvalue weighted by molar-refractivity contribution is 5.94. The summed E-state index contributed by atoms with van der Waals surface area (Å²) < 4.78 is 5.70. The van der Waals surface area contributed by atoms with Crippen molar-refractivity contribution in [2.45, 2.75) is 56.4 Å². The summed E-state index contributed by atoms with van der Waals surface area (Å²) in [5.74, 6) is 3.34. The van der Waals surface area contributed by atoms with Gasteiger partial charge in [0.2, 0.25) is 0 Å². The van der Waals surface area contributed by atoms with E-state index in [4.69, 9.17) is 4.74 Å². The molecule has 5 aliphatic rings. The number of hydrogen-bond donors (Lipinski definition) is 0. The predicted molar refractivity (Wildman–Crippen MR) is 120 cm³/mol. The molecule has 6 atom stereocenters. The first-order valence-electron chi connectivity index (χ1n) is 12.2. The van der Waals surface area contributed by atoms with Crippen LogP contribution in [0.25, 0.3) is 0 Å². The van der Waals surface area contributed by atoms with Crippen LogP contribution in [-0.4, -0.2) is 30.5 Å². The molecule has 1 aliphatic heterocycles. The van der Waals surface area contributed by atoms with Gasteiger partial charge in [-0.15, -0.1) is 0 Å². The number of methoxy groups -OCH3 is 1. The number of nitrogens with zero attached hydrogens (tertiary/aromatic N) is 1. The van der Waals surface area contributed by atoms with E-state index < -0.39 is 0 Å². The van der Waals surface area contributed by atoms with Gasteiger partial charge in [-0.25, -0.2) is 0 Å². The Hall–Kier alpha value is -2.29. The third-order valence-electron chi connectivity index (χ3n) is 10.2. The van der Waals surface area contributed by atoms with Gasteiger partial charge in [0, 0.05) is 23.6 Å². The summed E-state index contributed by atoms with van der Waals surface area (Å²) in [6.07, 6.45) is 9.10. The maximum absolute atomic E-state index is 13.5. The molecule has 2 aromatic carbocycles. The van der Waals surface area contributed by atoms with Crippen LogP contribution in [0.15, 0.2) is 48.5 Å². The Kier molecular flexibility index (Phi) is 3.63. The van der Waals surface area contributed by atoms with E-state index in [0.717, 1.165) is 23.8 Å². The Labute approximate surface area is 184 Å². The Morgan fingerprint density at radius 1 is 1.10 bits per heavy atom. The van der Waals surface area contributed by atoms with Gasteiger partial charge in [-0.2, -0.15) is 0 Å². The molecule has 1 saturated heterocycles.